The molecule has 0 radical (unpaired) electrons. The van der Waals surface area contributed by atoms with Crippen molar-refractivity contribution in [3.63, 3.8) is 0 Å². The third-order valence-corrected chi connectivity index (χ3v) is 4.62. The van der Waals surface area contributed by atoms with Crippen molar-refractivity contribution in [3.8, 4) is 0 Å². The van der Waals surface area contributed by atoms with Gasteiger partial charge >= 0.3 is 0 Å². The normalized spacial score (nSPS) is 11.3. The molecule has 0 heterocycles. The van der Waals surface area contributed by atoms with Crippen molar-refractivity contribution in [3.05, 3.63) is 52.8 Å². The summed E-state index contributed by atoms with van der Waals surface area (Å²) in [5, 5.41) is -0.0184. The summed E-state index contributed by atoms with van der Waals surface area (Å²) < 4.78 is 40.4. The molecule has 20 heavy (non-hydrogen) atoms. The first-order valence-electron chi connectivity index (χ1n) is 5.65. The predicted octanol–water partition coefficient (Wildman–Crippen LogP) is 3.17. The van der Waals surface area contributed by atoms with Gasteiger partial charge in [-0.25, -0.2) is 12.8 Å². The fourth-order valence-electron chi connectivity index (χ4n) is 1.71. The standard InChI is InChI=1S/C13H12ClFN2O2S/c1-8-11(16)6-3-7-12(8)20(18,19)17-13-9(14)4-2-5-10(13)15/h2-7,17H,16H2,1H3. The molecule has 0 saturated carbocycles. The van der Waals surface area contributed by atoms with Gasteiger partial charge in [0, 0.05) is 5.69 Å². The van der Waals surface area contributed by atoms with Gasteiger partial charge in [-0.05, 0) is 36.8 Å². The van der Waals surface area contributed by atoms with Crippen molar-refractivity contribution in [2.24, 2.45) is 0 Å². The first-order chi connectivity index (χ1) is 9.33. The molecule has 0 amide bonds. The average Bonchev–Trinajstić information content (AvgIpc) is 2.37. The zero-order chi connectivity index (χ0) is 14.9. The van der Waals surface area contributed by atoms with Crippen molar-refractivity contribution < 1.29 is 12.8 Å². The van der Waals surface area contributed by atoms with Crippen LogP contribution in [0.15, 0.2) is 41.3 Å². The van der Waals surface area contributed by atoms with Crippen molar-refractivity contribution in [2.45, 2.75) is 11.8 Å². The van der Waals surface area contributed by atoms with E-state index in [1.165, 1.54) is 24.3 Å². The summed E-state index contributed by atoms with van der Waals surface area (Å²) in [6, 6.07) is 8.40. The van der Waals surface area contributed by atoms with Gasteiger partial charge in [-0.1, -0.05) is 23.7 Å². The van der Waals surface area contributed by atoms with Crippen LogP contribution >= 0.6 is 11.6 Å². The van der Waals surface area contributed by atoms with E-state index in [4.69, 9.17) is 17.3 Å². The second kappa shape index (κ2) is 5.30. The minimum absolute atomic E-state index is 0.0168. The lowest BCUT2D eigenvalue weighted by Crippen LogP contribution is -2.16. The Balaban J connectivity index is 2.50. The number of hydrogen-bond donors (Lipinski definition) is 2. The van der Waals surface area contributed by atoms with E-state index in [0.29, 0.717) is 11.3 Å². The molecule has 0 aliphatic heterocycles. The highest BCUT2D eigenvalue weighted by atomic mass is 35.5. The molecule has 0 aliphatic rings. The summed E-state index contributed by atoms with van der Waals surface area (Å²) in [6.45, 7) is 1.58. The van der Waals surface area contributed by atoms with Crippen LogP contribution in [-0.4, -0.2) is 8.42 Å². The summed E-state index contributed by atoms with van der Waals surface area (Å²) in [6.07, 6.45) is 0. The molecule has 7 heteroatoms. The van der Waals surface area contributed by atoms with Gasteiger partial charge < -0.3 is 5.73 Å². The van der Waals surface area contributed by atoms with Crippen LogP contribution in [-0.2, 0) is 10.0 Å². The zero-order valence-electron chi connectivity index (χ0n) is 10.5. The second-order valence-electron chi connectivity index (χ2n) is 4.17. The summed E-state index contributed by atoms with van der Waals surface area (Å²) in [4.78, 5) is -0.0168. The molecule has 0 saturated heterocycles. The molecule has 0 unspecified atom stereocenters. The largest absolute Gasteiger partial charge is 0.398 e. The summed E-state index contributed by atoms with van der Waals surface area (Å²) >= 11 is 5.80. The molecule has 0 fully saturated rings. The lowest BCUT2D eigenvalue weighted by Gasteiger charge is -2.13. The average molecular weight is 315 g/mol. The smallest absolute Gasteiger partial charge is 0.262 e. The van der Waals surface area contributed by atoms with Crippen LogP contribution in [0.5, 0.6) is 0 Å². The van der Waals surface area contributed by atoms with E-state index in [-0.39, 0.29) is 15.6 Å². The third-order valence-electron chi connectivity index (χ3n) is 2.81. The highest BCUT2D eigenvalue weighted by Crippen LogP contribution is 2.29. The SMILES string of the molecule is Cc1c(N)cccc1S(=O)(=O)Nc1c(F)cccc1Cl. The summed E-state index contributed by atoms with van der Waals surface area (Å²) in [5.41, 5.74) is 6.13. The lowest BCUT2D eigenvalue weighted by atomic mass is 10.2. The zero-order valence-corrected chi connectivity index (χ0v) is 12.1. The number of rotatable bonds is 3. The number of nitrogens with one attached hydrogen (secondary N) is 1. The van der Waals surface area contributed by atoms with E-state index in [1.54, 1.807) is 13.0 Å². The fourth-order valence-corrected chi connectivity index (χ4v) is 3.34. The van der Waals surface area contributed by atoms with Gasteiger partial charge in [-0.3, -0.25) is 4.72 Å². The van der Waals surface area contributed by atoms with Crippen molar-refractivity contribution in [1.29, 1.82) is 0 Å². The number of nitrogen functional groups attached to an aromatic ring is 1. The van der Waals surface area contributed by atoms with E-state index < -0.39 is 15.8 Å². The van der Waals surface area contributed by atoms with Crippen molar-refractivity contribution >= 4 is 33.0 Å². The number of halogens is 2. The maximum atomic E-state index is 13.6. The van der Waals surface area contributed by atoms with Crippen LogP contribution < -0.4 is 10.5 Å². The molecule has 0 bridgehead atoms. The highest BCUT2D eigenvalue weighted by molar-refractivity contribution is 7.92. The Hall–Kier alpha value is -1.79. The Bertz CT molecular complexity index is 743. The van der Waals surface area contributed by atoms with E-state index in [0.717, 1.165) is 6.07 Å². The van der Waals surface area contributed by atoms with Gasteiger partial charge in [0.15, 0.2) is 0 Å². The topological polar surface area (TPSA) is 72.2 Å². The van der Waals surface area contributed by atoms with E-state index in [2.05, 4.69) is 4.72 Å². The quantitative estimate of drug-likeness (QED) is 0.855. The molecular weight excluding hydrogens is 303 g/mol. The fraction of sp³-hybridized carbons (Fsp3) is 0.0769. The maximum Gasteiger partial charge on any atom is 0.262 e. The van der Waals surface area contributed by atoms with Gasteiger partial charge in [0.25, 0.3) is 10.0 Å². The van der Waals surface area contributed by atoms with Gasteiger partial charge in [-0.15, -0.1) is 0 Å². The molecule has 0 aromatic heterocycles. The monoisotopic (exact) mass is 314 g/mol. The molecule has 0 aliphatic carbocycles. The molecule has 106 valence electrons. The second-order valence-corrected chi connectivity index (χ2v) is 6.23. The van der Waals surface area contributed by atoms with Crippen LogP contribution in [0.1, 0.15) is 5.56 Å². The Kier molecular flexibility index (Phi) is 3.87. The Morgan fingerprint density at radius 3 is 2.50 bits per heavy atom. The molecular formula is C13H12ClFN2O2S. The Labute approximate surface area is 121 Å². The van der Waals surface area contributed by atoms with Gasteiger partial charge in [-0.2, -0.15) is 0 Å². The first-order valence-corrected chi connectivity index (χ1v) is 7.51. The number of hydrogen-bond acceptors (Lipinski definition) is 3. The maximum absolute atomic E-state index is 13.6. The van der Waals surface area contributed by atoms with Gasteiger partial charge in [0.05, 0.1) is 9.92 Å². The number of sulfonamides is 1. The van der Waals surface area contributed by atoms with Crippen molar-refractivity contribution in [2.75, 3.05) is 10.5 Å². The lowest BCUT2D eigenvalue weighted by molar-refractivity contribution is 0.598. The molecule has 3 N–H and O–H groups in total. The van der Waals surface area contributed by atoms with Crippen LogP contribution in [0.2, 0.25) is 5.02 Å². The molecule has 0 atom stereocenters. The molecule has 2 rings (SSSR count). The van der Waals surface area contributed by atoms with Crippen LogP contribution in [0.4, 0.5) is 15.8 Å². The van der Waals surface area contributed by atoms with Gasteiger partial charge in [0.2, 0.25) is 0 Å². The van der Waals surface area contributed by atoms with Crippen LogP contribution in [0, 0.1) is 12.7 Å². The number of nitrogens with two attached hydrogens (primary N) is 1. The highest BCUT2D eigenvalue weighted by Gasteiger charge is 2.20. The molecule has 2 aromatic carbocycles. The van der Waals surface area contributed by atoms with E-state index in [9.17, 15) is 12.8 Å². The first kappa shape index (κ1) is 14.6. The predicted molar refractivity (Wildman–Crippen MR) is 77.8 cm³/mol. The summed E-state index contributed by atoms with van der Waals surface area (Å²) in [7, 11) is -3.97. The Morgan fingerprint density at radius 2 is 1.85 bits per heavy atom. The minimum atomic E-state index is -3.97. The molecule has 4 nitrogen and oxygen atoms in total. The van der Waals surface area contributed by atoms with Crippen LogP contribution in [0.3, 0.4) is 0 Å². The third kappa shape index (κ3) is 2.71. The van der Waals surface area contributed by atoms with Crippen molar-refractivity contribution in [1.82, 2.24) is 0 Å². The number of para-hydroxylation sites is 1. The van der Waals surface area contributed by atoms with E-state index in [1.807, 2.05) is 0 Å². The van der Waals surface area contributed by atoms with Crippen LogP contribution in [0.25, 0.3) is 0 Å². The number of anilines is 2. The number of benzene rings is 2. The Morgan fingerprint density at radius 1 is 1.20 bits per heavy atom. The summed E-state index contributed by atoms with van der Waals surface area (Å²) in [5.74, 6) is -0.748. The van der Waals surface area contributed by atoms with Gasteiger partial charge in [0.1, 0.15) is 11.5 Å². The molecule has 2 aromatic rings. The van der Waals surface area contributed by atoms with E-state index >= 15 is 0 Å². The molecule has 0 spiro atoms. The minimum Gasteiger partial charge on any atom is -0.398 e.